The molecule has 1 aliphatic heterocycles. The van der Waals surface area contributed by atoms with Gasteiger partial charge in [-0.15, -0.1) is 0 Å². The smallest absolute Gasteiger partial charge is 0.148 e. The Morgan fingerprint density at radius 1 is 1.00 bits per heavy atom. The highest BCUT2D eigenvalue weighted by molar-refractivity contribution is 8.00. The first kappa shape index (κ1) is 9.57. The van der Waals surface area contributed by atoms with Crippen LogP contribution in [0.15, 0.2) is 0 Å². The van der Waals surface area contributed by atoms with E-state index in [4.69, 9.17) is 0 Å². The van der Waals surface area contributed by atoms with Gasteiger partial charge in [-0.25, -0.2) is 0 Å². The lowest BCUT2D eigenvalue weighted by molar-refractivity contribution is -0.123. The molecule has 0 spiro atoms. The zero-order valence-electron chi connectivity index (χ0n) is 8.13. The van der Waals surface area contributed by atoms with E-state index in [1.54, 1.807) is 0 Å². The second-order valence-electron chi connectivity index (χ2n) is 4.24. The van der Waals surface area contributed by atoms with Crippen LogP contribution < -0.4 is 0 Å². The summed E-state index contributed by atoms with van der Waals surface area (Å²) in [4.78, 5) is 12.0. The van der Waals surface area contributed by atoms with Crippen molar-refractivity contribution in [2.75, 3.05) is 5.75 Å². The van der Waals surface area contributed by atoms with Crippen molar-refractivity contribution in [2.24, 2.45) is 5.92 Å². The van der Waals surface area contributed by atoms with Gasteiger partial charge >= 0.3 is 0 Å². The van der Waals surface area contributed by atoms with Gasteiger partial charge in [-0.05, 0) is 31.4 Å². The number of Topliss-reactive ketones (excluding diaryl/α,β-unsaturated/α-hetero) is 1. The van der Waals surface area contributed by atoms with Crippen LogP contribution in [0.4, 0.5) is 0 Å². The maximum absolute atomic E-state index is 12.0. The molecule has 2 aliphatic rings. The highest BCUT2D eigenvalue weighted by Crippen LogP contribution is 2.33. The first-order valence-electron chi connectivity index (χ1n) is 5.53. The molecule has 2 fully saturated rings. The maximum Gasteiger partial charge on any atom is 0.148 e. The molecule has 1 unspecified atom stereocenters. The number of rotatable bonds is 2. The zero-order chi connectivity index (χ0) is 9.10. The van der Waals surface area contributed by atoms with Crippen molar-refractivity contribution in [1.29, 1.82) is 0 Å². The number of thioether (sulfide) groups is 1. The van der Waals surface area contributed by atoms with E-state index >= 15 is 0 Å². The second-order valence-corrected chi connectivity index (χ2v) is 5.55. The zero-order valence-corrected chi connectivity index (χ0v) is 8.94. The van der Waals surface area contributed by atoms with E-state index in [1.165, 1.54) is 44.3 Å². The standard InChI is InChI=1S/C11H18OS/c12-11(10-7-4-8-13-10)9-5-2-1-3-6-9/h9-10H,1-8H2. The Bertz CT molecular complexity index is 179. The van der Waals surface area contributed by atoms with Crippen molar-refractivity contribution >= 4 is 17.5 Å². The molecule has 0 N–H and O–H groups in total. The molecule has 1 saturated heterocycles. The molecule has 0 aromatic carbocycles. The second kappa shape index (κ2) is 4.50. The van der Waals surface area contributed by atoms with Crippen molar-refractivity contribution in [1.82, 2.24) is 0 Å². The average Bonchev–Trinajstić information content (AvgIpc) is 2.71. The summed E-state index contributed by atoms with van der Waals surface area (Å²) in [5.41, 5.74) is 0. The largest absolute Gasteiger partial charge is 0.298 e. The first-order chi connectivity index (χ1) is 6.38. The summed E-state index contributed by atoms with van der Waals surface area (Å²) in [5.74, 6) is 2.23. The van der Waals surface area contributed by atoms with Gasteiger partial charge in [-0.1, -0.05) is 19.3 Å². The van der Waals surface area contributed by atoms with Gasteiger partial charge in [-0.2, -0.15) is 11.8 Å². The molecule has 0 radical (unpaired) electrons. The molecular formula is C11H18OS. The predicted octanol–water partition coefficient (Wildman–Crippen LogP) is 3.03. The summed E-state index contributed by atoms with van der Waals surface area (Å²) in [6.45, 7) is 0. The molecule has 0 amide bonds. The van der Waals surface area contributed by atoms with Crippen LogP contribution in [0.1, 0.15) is 44.9 Å². The van der Waals surface area contributed by atoms with Crippen LogP contribution in [0.2, 0.25) is 0 Å². The number of hydrogen-bond acceptors (Lipinski definition) is 2. The molecule has 1 heterocycles. The average molecular weight is 198 g/mol. The van der Waals surface area contributed by atoms with Crippen LogP contribution in [-0.2, 0) is 4.79 Å². The van der Waals surface area contributed by atoms with Crippen LogP contribution >= 0.6 is 11.8 Å². The summed E-state index contributed by atoms with van der Waals surface area (Å²) in [7, 11) is 0. The molecule has 2 heteroatoms. The van der Waals surface area contributed by atoms with Gasteiger partial charge in [0, 0.05) is 5.92 Å². The third kappa shape index (κ3) is 2.28. The van der Waals surface area contributed by atoms with Crippen molar-refractivity contribution in [3.63, 3.8) is 0 Å². The van der Waals surface area contributed by atoms with Crippen molar-refractivity contribution < 1.29 is 4.79 Å². The molecule has 1 aliphatic carbocycles. The van der Waals surface area contributed by atoms with Gasteiger partial charge < -0.3 is 0 Å². The molecular weight excluding hydrogens is 180 g/mol. The summed E-state index contributed by atoms with van der Waals surface area (Å²) < 4.78 is 0. The van der Waals surface area contributed by atoms with Crippen LogP contribution in [0.5, 0.6) is 0 Å². The predicted molar refractivity (Wildman–Crippen MR) is 57.1 cm³/mol. The minimum Gasteiger partial charge on any atom is -0.298 e. The van der Waals surface area contributed by atoms with Gasteiger partial charge in [-0.3, -0.25) is 4.79 Å². The van der Waals surface area contributed by atoms with Gasteiger partial charge in [0.25, 0.3) is 0 Å². The molecule has 0 bridgehead atoms. The lowest BCUT2D eigenvalue weighted by Gasteiger charge is -2.22. The fourth-order valence-electron chi connectivity index (χ4n) is 2.45. The summed E-state index contributed by atoms with van der Waals surface area (Å²) >= 11 is 1.89. The first-order valence-corrected chi connectivity index (χ1v) is 6.58. The van der Waals surface area contributed by atoms with E-state index in [2.05, 4.69) is 0 Å². The Kier molecular flexibility index (Phi) is 3.31. The summed E-state index contributed by atoms with van der Waals surface area (Å²) in [6, 6.07) is 0. The Labute approximate surface area is 84.7 Å². The number of carbonyl (C=O) groups excluding carboxylic acids is 1. The molecule has 1 saturated carbocycles. The highest BCUT2D eigenvalue weighted by Gasteiger charge is 2.30. The fourth-order valence-corrected chi connectivity index (χ4v) is 3.76. The van der Waals surface area contributed by atoms with E-state index < -0.39 is 0 Å². The van der Waals surface area contributed by atoms with Crippen LogP contribution in [0, 0.1) is 5.92 Å². The Morgan fingerprint density at radius 3 is 2.38 bits per heavy atom. The normalized spacial score (nSPS) is 30.6. The summed E-state index contributed by atoms with van der Waals surface area (Å²) in [5, 5.41) is 0.378. The molecule has 1 nitrogen and oxygen atoms in total. The van der Waals surface area contributed by atoms with Gasteiger partial charge in [0.1, 0.15) is 5.78 Å². The Hall–Kier alpha value is 0.0200. The van der Waals surface area contributed by atoms with E-state index in [0.29, 0.717) is 17.0 Å². The fraction of sp³-hybridized carbons (Fsp3) is 0.909. The van der Waals surface area contributed by atoms with Crippen molar-refractivity contribution in [3.05, 3.63) is 0 Å². The van der Waals surface area contributed by atoms with Gasteiger partial charge in [0.2, 0.25) is 0 Å². The number of ketones is 1. The van der Waals surface area contributed by atoms with Crippen LogP contribution in [-0.4, -0.2) is 16.8 Å². The van der Waals surface area contributed by atoms with E-state index in [0.717, 1.165) is 6.42 Å². The van der Waals surface area contributed by atoms with Crippen LogP contribution in [0.25, 0.3) is 0 Å². The molecule has 13 heavy (non-hydrogen) atoms. The van der Waals surface area contributed by atoms with Crippen molar-refractivity contribution in [2.45, 2.75) is 50.2 Å². The molecule has 0 aromatic rings. The SMILES string of the molecule is O=C(C1CCCCC1)C1CCCS1. The van der Waals surface area contributed by atoms with Gasteiger partial charge in [0.15, 0.2) is 0 Å². The van der Waals surface area contributed by atoms with E-state index in [1.807, 2.05) is 11.8 Å². The third-order valence-electron chi connectivity index (χ3n) is 3.25. The highest BCUT2D eigenvalue weighted by atomic mass is 32.2. The maximum atomic E-state index is 12.0. The van der Waals surface area contributed by atoms with Gasteiger partial charge in [0.05, 0.1) is 5.25 Å². The third-order valence-corrected chi connectivity index (χ3v) is 4.65. The Balaban J connectivity index is 1.87. The number of hydrogen-bond donors (Lipinski definition) is 0. The van der Waals surface area contributed by atoms with E-state index in [-0.39, 0.29) is 0 Å². The molecule has 0 aromatic heterocycles. The minimum atomic E-state index is 0.378. The van der Waals surface area contributed by atoms with Crippen molar-refractivity contribution in [3.8, 4) is 0 Å². The summed E-state index contributed by atoms with van der Waals surface area (Å²) in [6.07, 6.45) is 8.68. The van der Waals surface area contributed by atoms with Crippen LogP contribution in [0.3, 0.4) is 0 Å². The minimum absolute atomic E-state index is 0.378. The lowest BCUT2D eigenvalue weighted by atomic mass is 9.84. The molecule has 2 rings (SSSR count). The topological polar surface area (TPSA) is 17.1 Å². The number of carbonyl (C=O) groups is 1. The Morgan fingerprint density at radius 2 is 1.77 bits per heavy atom. The quantitative estimate of drug-likeness (QED) is 0.678. The monoisotopic (exact) mass is 198 g/mol. The molecule has 74 valence electrons. The lowest BCUT2D eigenvalue weighted by Crippen LogP contribution is -2.25. The molecule has 1 atom stereocenters. The van der Waals surface area contributed by atoms with E-state index in [9.17, 15) is 4.79 Å².